The Bertz CT molecular complexity index is 645. The lowest BCUT2D eigenvalue weighted by Crippen LogP contribution is -2.28. The van der Waals surface area contributed by atoms with E-state index in [2.05, 4.69) is 22.4 Å². The zero-order valence-electron chi connectivity index (χ0n) is 13.4. The highest BCUT2D eigenvalue weighted by Crippen LogP contribution is 2.10. The zero-order valence-corrected chi connectivity index (χ0v) is 13.4. The average molecular weight is 316 g/mol. The number of amides is 1. The Kier molecular flexibility index (Phi) is 6.02. The molecule has 0 atom stereocenters. The lowest BCUT2D eigenvalue weighted by Gasteiger charge is -2.15. The number of nitrogens with one attached hydrogen (secondary N) is 1. The minimum atomic E-state index is -0.266. The molecule has 0 fully saturated rings. The molecule has 6 heteroatoms. The van der Waals surface area contributed by atoms with Crippen molar-refractivity contribution in [1.82, 2.24) is 15.1 Å². The van der Waals surface area contributed by atoms with Gasteiger partial charge in [-0.3, -0.25) is 4.79 Å². The summed E-state index contributed by atoms with van der Waals surface area (Å²) in [6, 6.07) is 9.84. The number of nitrogens with zero attached hydrogens (tertiary/aromatic N) is 3. The van der Waals surface area contributed by atoms with E-state index in [-0.39, 0.29) is 11.7 Å². The Hall–Kier alpha value is -2.50. The van der Waals surface area contributed by atoms with Crippen molar-refractivity contribution in [3.63, 3.8) is 0 Å². The number of carbonyl (C=O) groups excluding carboxylic acids is 1. The van der Waals surface area contributed by atoms with Crippen molar-refractivity contribution < 1.29 is 9.18 Å². The molecule has 0 aliphatic rings. The smallest absolute Gasteiger partial charge is 0.274 e. The van der Waals surface area contributed by atoms with E-state index in [9.17, 15) is 9.18 Å². The molecular weight excluding hydrogens is 295 g/mol. The van der Waals surface area contributed by atoms with Crippen molar-refractivity contribution in [2.45, 2.75) is 26.3 Å². The van der Waals surface area contributed by atoms with Crippen LogP contribution in [-0.4, -0.2) is 34.6 Å². The maximum absolute atomic E-state index is 13.5. The molecule has 1 N–H and O–H groups in total. The zero-order chi connectivity index (χ0) is 16.7. The number of aromatic nitrogens is 2. The van der Waals surface area contributed by atoms with Gasteiger partial charge in [0.05, 0.1) is 0 Å². The number of halogens is 1. The highest BCUT2D eigenvalue weighted by Gasteiger charge is 2.13. The quantitative estimate of drug-likeness (QED) is 0.853. The SMILES string of the molecule is CCCCN(C)C(=O)c1ccc(NCc2ccccc2F)nn1. The first-order valence-electron chi connectivity index (χ1n) is 7.68. The van der Waals surface area contributed by atoms with E-state index in [1.165, 1.54) is 6.07 Å². The number of unbranched alkanes of at least 4 members (excludes halogenated alkanes) is 1. The van der Waals surface area contributed by atoms with Crippen LogP contribution >= 0.6 is 0 Å². The molecule has 0 unspecified atom stereocenters. The second kappa shape index (κ2) is 8.22. The topological polar surface area (TPSA) is 58.1 Å². The van der Waals surface area contributed by atoms with E-state index in [0.29, 0.717) is 30.2 Å². The van der Waals surface area contributed by atoms with Gasteiger partial charge >= 0.3 is 0 Å². The fourth-order valence-corrected chi connectivity index (χ4v) is 2.06. The summed E-state index contributed by atoms with van der Waals surface area (Å²) in [5, 5.41) is 10.9. The molecule has 0 aliphatic heterocycles. The van der Waals surface area contributed by atoms with Crippen LogP contribution in [0.4, 0.5) is 10.2 Å². The van der Waals surface area contributed by atoms with Crippen molar-refractivity contribution in [2.75, 3.05) is 18.9 Å². The number of hydrogen-bond donors (Lipinski definition) is 1. The molecule has 0 bridgehead atoms. The minimum absolute atomic E-state index is 0.147. The van der Waals surface area contributed by atoms with Gasteiger partial charge in [0, 0.05) is 25.7 Å². The number of rotatable bonds is 7. The molecule has 5 nitrogen and oxygen atoms in total. The van der Waals surface area contributed by atoms with Crippen LogP contribution in [0.25, 0.3) is 0 Å². The summed E-state index contributed by atoms with van der Waals surface area (Å²) in [5.41, 5.74) is 0.855. The van der Waals surface area contributed by atoms with E-state index in [0.717, 1.165) is 12.8 Å². The van der Waals surface area contributed by atoms with Crippen LogP contribution in [0.2, 0.25) is 0 Å². The van der Waals surface area contributed by atoms with E-state index < -0.39 is 0 Å². The summed E-state index contributed by atoms with van der Waals surface area (Å²) in [7, 11) is 1.75. The van der Waals surface area contributed by atoms with Gasteiger partial charge in [-0.25, -0.2) is 4.39 Å². The normalized spacial score (nSPS) is 10.4. The molecule has 0 radical (unpaired) electrons. The van der Waals surface area contributed by atoms with Crippen molar-refractivity contribution in [1.29, 1.82) is 0 Å². The predicted octanol–water partition coefficient (Wildman–Crippen LogP) is 3.10. The molecule has 1 aromatic carbocycles. The number of hydrogen-bond acceptors (Lipinski definition) is 4. The van der Waals surface area contributed by atoms with Crippen LogP contribution in [0, 0.1) is 5.82 Å². The summed E-state index contributed by atoms with van der Waals surface area (Å²) in [6.07, 6.45) is 1.99. The van der Waals surface area contributed by atoms with Crippen LogP contribution in [0.1, 0.15) is 35.8 Å². The van der Waals surface area contributed by atoms with Crippen LogP contribution in [-0.2, 0) is 6.54 Å². The minimum Gasteiger partial charge on any atom is -0.364 e. The van der Waals surface area contributed by atoms with Crippen LogP contribution < -0.4 is 5.32 Å². The molecule has 0 aliphatic carbocycles. The molecule has 1 heterocycles. The van der Waals surface area contributed by atoms with E-state index in [1.807, 2.05) is 0 Å². The van der Waals surface area contributed by atoms with Gasteiger partial charge in [-0.05, 0) is 24.6 Å². The Morgan fingerprint density at radius 3 is 2.65 bits per heavy atom. The standard InChI is InChI=1S/C17H21FN4O/c1-3-4-11-22(2)17(23)15-9-10-16(21-20-15)19-12-13-7-5-6-8-14(13)18/h5-10H,3-4,11-12H2,1-2H3,(H,19,21). The Labute approximate surface area is 135 Å². The highest BCUT2D eigenvalue weighted by atomic mass is 19.1. The average Bonchev–Trinajstić information content (AvgIpc) is 2.59. The van der Waals surface area contributed by atoms with Crippen molar-refractivity contribution >= 4 is 11.7 Å². The van der Waals surface area contributed by atoms with Crippen LogP contribution in [0.5, 0.6) is 0 Å². The molecule has 1 amide bonds. The molecule has 0 saturated carbocycles. The maximum Gasteiger partial charge on any atom is 0.274 e. The highest BCUT2D eigenvalue weighted by molar-refractivity contribution is 5.92. The third kappa shape index (κ3) is 4.74. The third-order valence-electron chi connectivity index (χ3n) is 3.50. The first kappa shape index (κ1) is 16.9. The second-order valence-electron chi connectivity index (χ2n) is 5.33. The summed E-state index contributed by atoms with van der Waals surface area (Å²) >= 11 is 0. The van der Waals surface area contributed by atoms with Gasteiger partial charge in [0.15, 0.2) is 5.69 Å². The van der Waals surface area contributed by atoms with Crippen LogP contribution in [0.15, 0.2) is 36.4 Å². The summed E-state index contributed by atoms with van der Waals surface area (Å²) in [5.74, 6) is 0.0879. The summed E-state index contributed by atoms with van der Waals surface area (Å²) in [4.78, 5) is 13.8. The molecule has 1 aromatic heterocycles. The van der Waals surface area contributed by atoms with E-state index >= 15 is 0 Å². The largest absolute Gasteiger partial charge is 0.364 e. The fourth-order valence-electron chi connectivity index (χ4n) is 2.06. The van der Waals surface area contributed by atoms with Gasteiger partial charge in [0.25, 0.3) is 5.91 Å². The van der Waals surface area contributed by atoms with Crippen molar-refractivity contribution in [2.24, 2.45) is 0 Å². The molecule has 122 valence electrons. The molecular formula is C17H21FN4O. The monoisotopic (exact) mass is 316 g/mol. The first-order valence-corrected chi connectivity index (χ1v) is 7.68. The second-order valence-corrected chi connectivity index (χ2v) is 5.33. The molecule has 0 saturated heterocycles. The number of benzene rings is 1. The van der Waals surface area contributed by atoms with Gasteiger partial charge in [-0.1, -0.05) is 31.5 Å². The van der Waals surface area contributed by atoms with Gasteiger partial charge < -0.3 is 10.2 Å². The predicted molar refractivity (Wildman–Crippen MR) is 87.6 cm³/mol. The van der Waals surface area contributed by atoms with Gasteiger partial charge in [-0.2, -0.15) is 0 Å². The lowest BCUT2D eigenvalue weighted by atomic mass is 10.2. The number of carbonyl (C=O) groups is 1. The maximum atomic E-state index is 13.5. The summed E-state index contributed by atoms with van der Waals surface area (Å²) in [6.45, 7) is 3.09. The lowest BCUT2D eigenvalue weighted by molar-refractivity contribution is 0.0786. The van der Waals surface area contributed by atoms with Crippen molar-refractivity contribution in [3.8, 4) is 0 Å². The van der Waals surface area contributed by atoms with Crippen molar-refractivity contribution in [3.05, 3.63) is 53.5 Å². The van der Waals surface area contributed by atoms with Gasteiger partial charge in [0.1, 0.15) is 11.6 Å². The molecule has 2 aromatic rings. The van der Waals surface area contributed by atoms with Gasteiger partial charge in [-0.15, -0.1) is 10.2 Å². The number of anilines is 1. The Balaban J connectivity index is 1.94. The van der Waals surface area contributed by atoms with Crippen LogP contribution in [0.3, 0.4) is 0 Å². The third-order valence-corrected chi connectivity index (χ3v) is 3.50. The Morgan fingerprint density at radius 2 is 2.00 bits per heavy atom. The summed E-state index contributed by atoms with van der Waals surface area (Å²) < 4.78 is 13.5. The molecule has 2 rings (SSSR count). The molecule has 0 spiro atoms. The fraction of sp³-hybridized carbons (Fsp3) is 0.353. The molecule has 23 heavy (non-hydrogen) atoms. The first-order chi connectivity index (χ1) is 11.1. The Morgan fingerprint density at radius 1 is 1.22 bits per heavy atom. The van der Waals surface area contributed by atoms with E-state index in [1.54, 1.807) is 42.3 Å². The van der Waals surface area contributed by atoms with Gasteiger partial charge in [0.2, 0.25) is 0 Å². The van der Waals surface area contributed by atoms with E-state index in [4.69, 9.17) is 0 Å².